The Labute approximate surface area is 157 Å². The lowest BCUT2D eigenvalue weighted by Crippen LogP contribution is -2.21. The Bertz CT molecular complexity index is 1090. The number of aromatic nitrogens is 2. The van der Waals surface area contributed by atoms with E-state index in [1.807, 2.05) is 0 Å². The Balaban J connectivity index is 1.99. The first-order valence-electron chi connectivity index (χ1n) is 7.20. The maximum absolute atomic E-state index is 12.1. The molecular weight excluding hydrogens is 376 g/mol. The van der Waals surface area contributed by atoms with E-state index in [0.717, 1.165) is 11.5 Å². The number of fused-ring (bicyclic) bond motifs is 1. The Morgan fingerprint density at radius 1 is 1.38 bits per heavy atom. The molecule has 0 saturated carbocycles. The van der Waals surface area contributed by atoms with Crippen LogP contribution in [0.2, 0.25) is 5.15 Å². The van der Waals surface area contributed by atoms with Crippen molar-refractivity contribution in [1.29, 1.82) is 0 Å². The van der Waals surface area contributed by atoms with Gasteiger partial charge < -0.3 is 10.0 Å². The van der Waals surface area contributed by atoms with Crippen LogP contribution in [-0.2, 0) is 0 Å². The first-order valence-corrected chi connectivity index (χ1v) is 8.35. The number of carbonyl (C=O) groups is 1. The van der Waals surface area contributed by atoms with Crippen molar-refractivity contribution >= 4 is 56.3 Å². The first-order chi connectivity index (χ1) is 12.4. The van der Waals surface area contributed by atoms with E-state index < -0.39 is 0 Å². The lowest BCUT2D eigenvalue weighted by molar-refractivity contribution is 0.0824. The van der Waals surface area contributed by atoms with Gasteiger partial charge in [0.05, 0.1) is 23.3 Å². The molecule has 3 rings (SSSR count). The van der Waals surface area contributed by atoms with Crippen LogP contribution in [0.1, 0.15) is 10.4 Å². The molecule has 130 valence electrons. The number of nitrogens with zero attached hydrogens (tertiary/aromatic N) is 6. The summed E-state index contributed by atoms with van der Waals surface area (Å²) in [6.45, 7) is 7.18. The number of benzene rings is 1. The number of amides is 1. The highest BCUT2D eigenvalue weighted by molar-refractivity contribution is 7.11. The van der Waals surface area contributed by atoms with E-state index in [0.29, 0.717) is 21.6 Å². The number of pyridine rings is 1. The van der Waals surface area contributed by atoms with E-state index in [1.54, 1.807) is 14.1 Å². The number of phenols is 1. The van der Waals surface area contributed by atoms with Crippen LogP contribution in [0.15, 0.2) is 34.6 Å². The summed E-state index contributed by atoms with van der Waals surface area (Å²) in [7, 11) is 3.18. The maximum Gasteiger partial charge on any atom is 0.257 e. The molecule has 0 bridgehead atoms. The lowest BCUT2D eigenvalue weighted by Gasteiger charge is -2.11. The summed E-state index contributed by atoms with van der Waals surface area (Å²) in [6, 6.07) is 4.37. The van der Waals surface area contributed by atoms with Crippen molar-refractivity contribution in [1.82, 2.24) is 14.3 Å². The van der Waals surface area contributed by atoms with Crippen LogP contribution in [0.5, 0.6) is 5.75 Å². The SMILES string of the molecule is [C-]#[N+]c1c(Cl)ncc2c(N=Nc3ccc(O)c(C(=O)N(C)C)c3)snc12. The number of hydrogen-bond acceptors (Lipinski definition) is 7. The third-order valence-electron chi connectivity index (χ3n) is 3.42. The van der Waals surface area contributed by atoms with Crippen LogP contribution in [-0.4, -0.2) is 39.4 Å². The molecular formula is C16H11ClN6O2S. The average molecular weight is 387 g/mol. The molecule has 2 heterocycles. The summed E-state index contributed by atoms with van der Waals surface area (Å²) in [5.74, 6) is -0.477. The van der Waals surface area contributed by atoms with Crippen molar-refractivity contribution in [2.24, 2.45) is 10.2 Å². The molecule has 1 aromatic carbocycles. The molecule has 0 aliphatic carbocycles. The van der Waals surface area contributed by atoms with Gasteiger partial charge in [0.2, 0.25) is 5.69 Å². The predicted molar refractivity (Wildman–Crippen MR) is 99.0 cm³/mol. The number of rotatable bonds is 3. The van der Waals surface area contributed by atoms with Gasteiger partial charge in [-0.3, -0.25) is 9.78 Å². The third kappa shape index (κ3) is 3.20. The van der Waals surface area contributed by atoms with Gasteiger partial charge >= 0.3 is 0 Å². The number of halogens is 1. The number of aromatic hydroxyl groups is 1. The van der Waals surface area contributed by atoms with Crippen molar-refractivity contribution < 1.29 is 9.90 Å². The lowest BCUT2D eigenvalue weighted by atomic mass is 10.1. The summed E-state index contributed by atoms with van der Waals surface area (Å²) in [6.07, 6.45) is 1.49. The minimum Gasteiger partial charge on any atom is -0.507 e. The van der Waals surface area contributed by atoms with Crippen molar-refractivity contribution in [2.75, 3.05) is 14.1 Å². The highest BCUT2D eigenvalue weighted by atomic mass is 35.5. The van der Waals surface area contributed by atoms with Crippen LogP contribution < -0.4 is 0 Å². The number of phenolic OH excluding ortho intramolecular Hbond substituents is 1. The van der Waals surface area contributed by atoms with Gasteiger partial charge in [-0.2, -0.15) is 0 Å². The quantitative estimate of drug-likeness (QED) is 0.400. The molecule has 1 amide bonds. The zero-order valence-corrected chi connectivity index (χ0v) is 15.2. The molecule has 0 radical (unpaired) electrons. The van der Waals surface area contributed by atoms with Gasteiger partial charge in [-0.15, -0.1) is 10.2 Å². The van der Waals surface area contributed by atoms with Gasteiger partial charge in [-0.05, 0) is 29.7 Å². The van der Waals surface area contributed by atoms with Crippen LogP contribution >= 0.6 is 23.1 Å². The number of carbonyl (C=O) groups excluding carboxylic acids is 1. The summed E-state index contributed by atoms with van der Waals surface area (Å²) < 4.78 is 4.19. The first kappa shape index (κ1) is 17.7. The highest BCUT2D eigenvalue weighted by Crippen LogP contribution is 2.39. The fourth-order valence-electron chi connectivity index (χ4n) is 2.13. The Kier molecular flexibility index (Phi) is 4.79. The normalized spacial score (nSPS) is 11.0. The Morgan fingerprint density at radius 2 is 2.15 bits per heavy atom. The smallest absolute Gasteiger partial charge is 0.257 e. The number of azo groups is 1. The fourth-order valence-corrected chi connectivity index (χ4v) is 3.00. The predicted octanol–water partition coefficient (Wildman–Crippen LogP) is 4.72. The molecule has 0 saturated heterocycles. The van der Waals surface area contributed by atoms with Gasteiger partial charge in [0.25, 0.3) is 5.91 Å². The zero-order chi connectivity index (χ0) is 18.8. The van der Waals surface area contributed by atoms with E-state index in [2.05, 4.69) is 24.4 Å². The van der Waals surface area contributed by atoms with Gasteiger partial charge in [0, 0.05) is 25.7 Å². The summed E-state index contributed by atoms with van der Waals surface area (Å²) >= 11 is 6.96. The minimum atomic E-state index is -0.344. The third-order valence-corrected chi connectivity index (χ3v) is 4.45. The fraction of sp³-hybridized carbons (Fsp3) is 0.125. The van der Waals surface area contributed by atoms with Crippen molar-refractivity contribution in [3.05, 3.63) is 46.5 Å². The topological polar surface area (TPSA) is 95.4 Å². The molecule has 10 heteroatoms. The molecule has 0 aliphatic heterocycles. The molecule has 0 aliphatic rings. The molecule has 0 atom stereocenters. The second-order valence-corrected chi connectivity index (χ2v) is 6.47. The van der Waals surface area contributed by atoms with E-state index in [9.17, 15) is 9.90 Å². The maximum atomic E-state index is 12.1. The van der Waals surface area contributed by atoms with E-state index in [4.69, 9.17) is 18.2 Å². The van der Waals surface area contributed by atoms with Gasteiger partial charge in [-0.1, -0.05) is 11.6 Å². The van der Waals surface area contributed by atoms with Crippen LogP contribution in [0.3, 0.4) is 0 Å². The summed E-state index contributed by atoms with van der Waals surface area (Å²) in [5, 5.41) is 19.2. The zero-order valence-electron chi connectivity index (χ0n) is 13.6. The van der Waals surface area contributed by atoms with Crippen LogP contribution in [0.4, 0.5) is 16.4 Å². The molecule has 0 spiro atoms. The van der Waals surface area contributed by atoms with Crippen LogP contribution in [0, 0.1) is 6.57 Å². The molecule has 8 nitrogen and oxygen atoms in total. The summed E-state index contributed by atoms with van der Waals surface area (Å²) in [4.78, 5) is 20.7. The second-order valence-electron chi connectivity index (χ2n) is 5.36. The molecule has 26 heavy (non-hydrogen) atoms. The second kappa shape index (κ2) is 7.03. The number of hydrogen-bond donors (Lipinski definition) is 1. The van der Waals surface area contributed by atoms with Crippen LogP contribution in [0.25, 0.3) is 15.7 Å². The van der Waals surface area contributed by atoms with E-state index in [1.165, 1.54) is 29.3 Å². The summed E-state index contributed by atoms with van der Waals surface area (Å²) in [5.41, 5.74) is 1.12. The largest absolute Gasteiger partial charge is 0.507 e. The van der Waals surface area contributed by atoms with Gasteiger partial charge in [-0.25, -0.2) is 9.22 Å². The Hall–Kier alpha value is -3.09. The van der Waals surface area contributed by atoms with E-state index >= 15 is 0 Å². The van der Waals surface area contributed by atoms with Gasteiger partial charge in [0.1, 0.15) is 10.9 Å². The standard InChI is InChI=1S/C16H11ClN6O2S/c1-18-13-12-10(7-19-14(13)17)15(26-22-12)21-20-8-4-5-11(24)9(6-8)16(25)23(2)3/h4-7,24H,2-3H3. The molecule has 1 N–H and O–H groups in total. The molecule has 0 unspecified atom stereocenters. The van der Waals surface area contributed by atoms with Crippen molar-refractivity contribution in [3.8, 4) is 5.75 Å². The average Bonchev–Trinajstić information content (AvgIpc) is 3.03. The van der Waals surface area contributed by atoms with Crippen molar-refractivity contribution in [2.45, 2.75) is 0 Å². The van der Waals surface area contributed by atoms with Crippen molar-refractivity contribution in [3.63, 3.8) is 0 Å². The molecule has 3 aromatic rings. The Morgan fingerprint density at radius 3 is 2.85 bits per heavy atom. The molecule has 0 fully saturated rings. The molecule has 2 aromatic heterocycles. The monoisotopic (exact) mass is 386 g/mol. The van der Waals surface area contributed by atoms with E-state index in [-0.39, 0.29) is 28.1 Å². The highest BCUT2D eigenvalue weighted by Gasteiger charge is 2.15. The minimum absolute atomic E-state index is 0.0895. The van der Waals surface area contributed by atoms with Gasteiger partial charge in [0.15, 0.2) is 5.00 Å².